The highest BCUT2D eigenvalue weighted by molar-refractivity contribution is 9.10. The van der Waals surface area contributed by atoms with E-state index in [0.29, 0.717) is 4.47 Å². The second kappa shape index (κ2) is 5.11. The van der Waals surface area contributed by atoms with Gasteiger partial charge in [-0.2, -0.15) is 0 Å². The first kappa shape index (κ1) is 12.7. The largest absolute Gasteiger partial charge is 0.206 e. The van der Waals surface area contributed by atoms with E-state index in [1.165, 1.54) is 12.8 Å². The van der Waals surface area contributed by atoms with Gasteiger partial charge in [-0.3, -0.25) is 0 Å². The number of rotatable bonds is 4. The van der Waals surface area contributed by atoms with Crippen LogP contribution in [-0.4, -0.2) is 0 Å². The minimum atomic E-state index is -0.169. The van der Waals surface area contributed by atoms with Gasteiger partial charge in [0.15, 0.2) is 0 Å². The summed E-state index contributed by atoms with van der Waals surface area (Å²) in [5.41, 5.74) is 1.15. The van der Waals surface area contributed by atoms with E-state index in [-0.39, 0.29) is 11.2 Å². The van der Waals surface area contributed by atoms with Gasteiger partial charge in [-0.1, -0.05) is 39.7 Å². The topological polar surface area (TPSA) is 0 Å². The summed E-state index contributed by atoms with van der Waals surface area (Å²) in [6.45, 7) is 6.52. The molecule has 0 fully saturated rings. The second-order valence-electron chi connectivity index (χ2n) is 4.62. The van der Waals surface area contributed by atoms with E-state index < -0.39 is 0 Å². The van der Waals surface area contributed by atoms with Gasteiger partial charge in [0, 0.05) is 0 Å². The van der Waals surface area contributed by atoms with Crippen LogP contribution in [0.15, 0.2) is 22.7 Å². The minimum absolute atomic E-state index is 0.0670. The molecule has 0 N–H and O–H groups in total. The van der Waals surface area contributed by atoms with Crippen LogP contribution in [0, 0.1) is 5.82 Å². The van der Waals surface area contributed by atoms with E-state index >= 15 is 0 Å². The molecule has 0 aliphatic heterocycles. The summed E-state index contributed by atoms with van der Waals surface area (Å²) in [4.78, 5) is 0. The molecule has 0 spiro atoms. The molecular weight excluding hydrogens is 255 g/mol. The first-order valence-electron chi connectivity index (χ1n) is 5.43. The predicted octanol–water partition coefficient (Wildman–Crippen LogP) is 5.06. The average Bonchev–Trinajstić information content (AvgIpc) is 2.19. The fourth-order valence-electron chi connectivity index (χ4n) is 1.68. The van der Waals surface area contributed by atoms with Crippen LogP contribution in [0.3, 0.4) is 0 Å². The molecule has 0 saturated carbocycles. The van der Waals surface area contributed by atoms with E-state index in [4.69, 9.17) is 0 Å². The molecule has 1 rings (SSSR count). The lowest BCUT2D eigenvalue weighted by molar-refractivity contribution is 0.454. The second-order valence-corrected chi connectivity index (χ2v) is 5.47. The highest BCUT2D eigenvalue weighted by Crippen LogP contribution is 2.31. The molecule has 0 nitrogen and oxygen atoms in total. The minimum Gasteiger partial charge on any atom is -0.206 e. The molecule has 15 heavy (non-hydrogen) atoms. The van der Waals surface area contributed by atoms with Gasteiger partial charge in [-0.25, -0.2) is 4.39 Å². The summed E-state index contributed by atoms with van der Waals surface area (Å²) >= 11 is 3.17. The molecule has 0 amide bonds. The third kappa shape index (κ3) is 3.30. The van der Waals surface area contributed by atoms with Crippen molar-refractivity contribution >= 4 is 15.9 Å². The van der Waals surface area contributed by atoms with Gasteiger partial charge in [-0.15, -0.1) is 0 Å². The maximum absolute atomic E-state index is 13.4. The van der Waals surface area contributed by atoms with Crippen molar-refractivity contribution in [3.8, 4) is 0 Å². The van der Waals surface area contributed by atoms with Crippen molar-refractivity contribution in [2.75, 3.05) is 0 Å². The molecule has 0 unspecified atom stereocenters. The van der Waals surface area contributed by atoms with Crippen LogP contribution in [0.5, 0.6) is 0 Å². The van der Waals surface area contributed by atoms with E-state index in [0.717, 1.165) is 12.0 Å². The standard InChI is InChI=1S/C13H18BrF/c1-4-5-8-13(2,3)10-6-7-11(14)12(15)9-10/h6-7,9H,4-5,8H2,1-3H3. The Balaban J connectivity index is 2.89. The van der Waals surface area contributed by atoms with E-state index in [2.05, 4.69) is 36.7 Å². The van der Waals surface area contributed by atoms with Crippen LogP contribution in [0.4, 0.5) is 4.39 Å². The Morgan fingerprint density at radius 2 is 2.00 bits per heavy atom. The summed E-state index contributed by atoms with van der Waals surface area (Å²) in [5.74, 6) is -0.169. The van der Waals surface area contributed by atoms with Gasteiger partial charge in [-0.05, 0) is 45.5 Å². The van der Waals surface area contributed by atoms with Gasteiger partial charge >= 0.3 is 0 Å². The zero-order chi connectivity index (χ0) is 11.5. The summed E-state index contributed by atoms with van der Waals surface area (Å²) < 4.78 is 13.9. The number of hydrogen-bond acceptors (Lipinski definition) is 0. The van der Waals surface area contributed by atoms with Crippen molar-refractivity contribution < 1.29 is 4.39 Å². The Kier molecular flexibility index (Phi) is 4.32. The monoisotopic (exact) mass is 272 g/mol. The predicted molar refractivity (Wildman–Crippen MR) is 66.7 cm³/mol. The first-order valence-corrected chi connectivity index (χ1v) is 6.22. The van der Waals surface area contributed by atoms with Gasteiger partial charge < -0.3 is 0 Å². The molecular formula is C13H18BrF. The van der Waals surface area contributed by atoms with Gasteiger partial charge in [0.05, 0.1) is 4.47 Å². The Morgan fingerprint density at radius 1 is 1.33 bits per heavy atom. The van der Waals surface area contributed by atoms with E-state index in [9.17, 15) is 4.39 Å². The Labute approximate surface area is 100 Å². The molecule has 0 heterocycles. The van der Waals surface area contributed by atoms with Crippen molar-refractivity contribution in [3.05, 3.63) is 34.1 Å². The van der Waals surface area contributed by atoms with Crippen LogP contribution >= 0.6 is 15.9 Å². The van der Waals surface area contributed by atoms with Crippen LogP contribution in [-0.2, 0) is 5.41 Å². The fraction of sp³-hybridized carbons (Fsp3) is 0.538. The number of hydrogen-bond donors (Lipinski definition) is 0. The van der Waals surface area contributed by atoms with Gasteiger partial charge in [0.25, 0.3) is 0 Å². The zero-order valence-electron chi connectivity index (χ0n) is 9.61. The van der Waals surface area contributed by atoms with Crippen LogP contribution < -0.4 is 0 Å². The first-order chi connectivity index (χ1) is 6.97. The third-order valence-corrected chi connectivity index (χ3v) is 3.50. The van der Waals surface area contributed by atoms with Crippen molar-refractivity contribution in [1.29, 1.82) is 0 Å². The van der Waals surface area contributed by atoms with Gasteiger partial charge in [0.2, 0.25) is 0 Å². The fourth-order valence-corrected chi connectivity index (χ4v) is 1.93. The molecule has 1 aromatic carbocycles. The number of unbranched alkanes of at least 4 members (excludes halogenated alkanes) is 1. The van der Waals surface area contributed by atoms with Crippen molar-refractivity contribution in [3.63, 3.8) is 0 Å². The van der Waals surface area contributed by atoms with Crippen molar-refractivity contribution in [2.24, 2.45) is 0 Å². The van der Waals surface area contributed by atoms with Crippen molar-refractivity contribution in [1.82, 2.24) is 0 Å². The summed E-state index contributed by atoms with van der Waals surface area (Å²) in [6.07, 6.45) is 3.47. The molecule has 0 aromatic heterocycles. The lowest BCUT2D eigenvalue weighted by Crippen LogP contribution is -2.17. The summed E-state index contributed by atoms with van der Waals surface area (Å²) in [7, 11) is 0. The number of halogens is 2. The quantitative estimate of drug-likeness (QED) is 0.719. The smallest absolute Gasteiger partial charge is 0.137 e. The SMILES string of the molecule is CCCCC(C)(C)c1ccc(Br)c(F)c1. The van der Waals surface area contributed by atoms with Crippen LogP contribution in [0.25, 0.3) is 0 Å². The Hall–Kier alpha value is -0.370. The van der Waals surface area contributed by atoms with E-state index in [1.54, 1.807) is 12.1 Å². The summed E-state index contributed by atoms with van der Waals surface area (Å²) in [6, 6.07) is 5.43. The maximum Gasteiger partial charge on any atom is 0.137 e. The molecule has 2 heteroatoms. The average molecular weight is 273 g/mol. The molecule has 0 bridgehead atoms. The van der Waals surface area contributed by atoms with E-state index in [1.807, 2.05) is 6.07 Å². The lowest BCUT2D eigenvalue weighted by Gasteiger charge is -2.25. The highest BCUT2D eigenvalue weighted by atomic mass is 79.9. The Morgan fingerprint density at radius 3 is 2.53 bits per heavy atom. The van der Waals surface area contributed by atoms with Gasteiger partial charge in [0.1, 0.15) is 5.82 Å². The summed E-state index contributed by atoms with van der Waals surface area (Å²) in [5, 5.41) is 0. The Bertz CT molecular complexity index is 331. The molecule has 84 valence electrons. The molecule has 0 radical (unpaired) electrons. The highest BCUT2D eigenvalue weighted by Gasteiger charge is 2.20. The molecule has 1 aromatic rings. The lowest BCUT2D eigenvalue weighted by atomic mass is 9.80. The molecule has 0 saturated heterocycles. The molecule has 0 atom stereocenters. The van der Waals surface area contributed by atoms with Crippen molar-refractivity contribution in [2.45, 2.75) is 45.4 Å². The normalized spacial score (nSPS) is 11.8. The zero-order valence-corrected chi connectivity index (χ0v) is 11.2. The molecule has 0 aliphatic rings. The van der Waals surface area contributed by atoms with Crippen LogP contribution in [0.2, 0.25) is 0 Å². The molecule has 0 aliphatic carbocycles. The number of benzene rings is 1. The maximum atomic E-state index is 13.4. The third-order valence-electron chi connectivity index (χ3n) is 2.86. The van der Waals surface area contributed by atoms with Crippen LogP contribution in [0.1, 0.15) is 45.6 Å².